The van der Waals surface area contributed by atoms with Crippen LogP contribution in [0.2, 0.25) is 0 Å². The lowest BCUT2D eigenvalue weighted by atomic mass is 10.1. The van der Waals surface area contributed by atoms with Crippen LogP contribution in [-0.4, -0.2) is 44.6 Å². The van der Waals surface area contributed by atoms with E-state index in [-0.39, 0.29) is 0 Å². The molecule has 0 N–H and O–H groups in total. The minimum Gasteiger partial charge on any atom is -0.362 e. The highest BCUT2D eigenvalue weighted by Gasteiger charge is 2.08. The molecule has 0 aliphatic rings. The topological polar surface area (TPSA) is 19.4 Å². The Morgan fingerprint density at radius 2 is 1.79 bits per heavy atom. The van der Waals surface area contributed by atoms with E-state index in [2.05, 4.69) is 62.3 Å². The predicted molar refractivity (Wildman–Crippen MR) is 82.9 cm³/mol. The van der Waals surface area contributed by atoms with Crippen molar-refractivity contribution >= 4 is 16.7 Å². The highest BCUT2D eigenvalue weighted by atomic mass is 15.1. The van der Waals surface area contributed by atoms with Crippen LogP contribution in [0.4, 0.5) is 5.82 Å². The first kappa shape index (κ1) is 13.8. The Balaban J connectivity index is 2.31. The minimum absolute atomic E-state index is 1.07. The highest BCUT2D eigenvalue weighted by Crippen LogP contribution is 2.23. The van der Waals surface area contributed by atoms with Gasteiger partial charge in [0.1, 0.15) is 5.82 Å². The zero-order valence-electron chi connectivity index (χ0n) is 12.3. The number of hydrogen-bond donors (Lipinski definition) is 0. The number of anilines is 1. The molecule has 0 saturated carbocycles. The maximum absolute atomic E-state index is 4.78. The normalized spacial score (nSPS) is 11.2. The number of rotatable bonds is 5. The number of nitrogens with zero attached hydrogens (tertiary/aromatic N) is 3. The van der Waals surface area contributed by atoms with Crippen molar-refractivity contribution in [1.29, 1.82) is 0 Å². The average molecular weight is 257 g/mol. The summed E-state index contributed by atoms with van der Waals surface area (Å²) in [4.78, 5) is 9.12. The van der Waals surface area contributed by atoms with Crippen molar-refractivity contribution in [1.82, 2.24) is 9.88 Å². The second kappa shape index (κ2) is 6.02. The molecule has 0 amide bonds. The molecule has 19 heavy (non-hydrogen) atoms. The van der Waals surface area contributed by atoms with Gasteiger partial charge in [0, 0.05) is 19.5 Å². The molecule has 0 saturated heterocycles. The van der Waals surface area contributed by atoms with Gasteiger partial charge in [0.25, 0.3) is 0 Å². The summed E-state index contributed by atoms with van der Waals surface area (Å²) in [6.45, 7) is 1.11. The molecule has 3 nitrogen and oxygen atoms in total. The third-order valence-electron chi connectivity index (χ3n) is 3.26. The molecule has 3 heteroatoms. The quantitative estimate of drug-likeness (QED) is 0.821. The van der Waals surface area contributed by atoms with E-state index in [0.717, 1.165) is 30.7 Å². The molecule has 0 atom stereocenters. The highest BCUT2D eigenvalue weighted by molar-refractivity contribution is 5.81. The predicted octanol–water partition coefficient (Wildman–Crippen LogP) is 2.80. The largest absolute Gasteiger partial charge is 0.362 e. The Bertz CT molecular complexity index is 547. The lowest BCUT2D eigenvalue weighted by molar-refractivity contribution is 0.400. The maximum Gasteiger partial charge on any atom is 0.131 e. The second-order valence-corrected chi connectivity index (χ2v) is 5.47. The van der Waals surface area contributed by atoms with Crippen molar-refractivity contribution in [2.24, 2.45) is 0 Å². The van der Waals surface area contributed by atoms with E-state index in [9.17, 15) is 0 Å². The lowest BCUT2D eigenvalue weighted by Crippen LogP contribution is -2.16. The van der Waals surface area contributed by atoms with Gasteiger partial charge in [0.05, 0.1) is 5.52 Å². The molecule has 1 heterocycles. The fraction of sp³-hybridized carbons (Fsp3) is 0.438. The van der Waals surface area contributed by atoms with Gasteiger partial charge >= 0.3 is 0 Å². The summed E-state index contributed by atoms with van der Waals surface area (Å²) in [7, 11) is 8.36. The van der Waals surface area contributed by atoms with Gasteiger partial charge in [-0.1, -0.05) is 18.2 Å². The zero-order chi connectivity index (χ0) is 13.8. The van der Waals surface area contributed by atoms with Crippen molar-refractivity contribution < 1.29 is 0 Å². The Hall–Kier alpha value is -1.61. The Morgan fingerprint density at radius 1 is 1.05 bits per heavy atom. The number of aromatic nitrogens is 1. The first-order valence-electron chi connectivity index (χ1n) is 6.78. The fourth-order valence-electron chi connectivity index (χ4n) is 2.31. The standard InChI is InChI=1S/C16H23N3/c1-18(2)11-7-9-14-12-13-8-5-6-10-15(13)17-16(14)19(3)4/h5-6,8,10,12H,7,9,11H2,1-4H3. The minimum atomic E-state index is 1.07. The molecule has 2 aromatic rings. The van der Waals surface area contributed by atoms with Crippen LogP contribution >= 0.6 is 0 Å². The van der Waals surface area contributed by atoms with Crippen molar-refractivity contribution in [3.63, 3.8) is 0 Å². The van der Waals surface area contributed by atoms with Crippen molar-refractivity contribution in [2.75, 3.05) is 39.6 Å². The van der Waals surface area contributed by atoms with Crippen LogP contribution in [0.5, 0.6) is 0 Å². The van der Waals surface area contributed by atoms with Crippen molar-refractivity contribution in [3.8, 4) is 0 Å². The molecular weight excluding hydrogens is 234 g/mol. The van der Waals surface area contributed by atoms with E-state index in [1.54, 1.807) is 0 Å². The summed E-state index contributed by atoms with van der Waals surface area (Å²) in [6.07, 6.45) is 2.23. The molecule has 0 spiro atoms. The van der Waals surface area contributed by atoms with Crippen LogP contribution in [0.25, 0.3) is 10.9 Å². The Kier molecular flexibility index (Phi) is 4.38. The van der Waals surface area contributed by atoms with E-state index in [1.165, 1.54) is 10.9 Å². The summed E-state index contributed by atoms with van der Waals surface area (Å²) in [5.74, 6) is 1.09. The van der Waals surface area contributed by atoms with Gasteiger partial charge in [-0.2, -0.15) is 0 Å². The fourth-order valence-corrected chi connectivity index (χ4v) is 2.31. The number of pyridine rings is 1. The Labute approximate surface area is 115 Å². The molecule has 102 valence electrons. The van der Waals surface area contributed by atoms with Crippen molar-refractivity contribution in [2.45, 2.75) is 12.8 Å². The lowest BCUT2D eigenvalue weighted by Gasteiger charge is -2.18. The number of para-hydroxylation sites is 1. The van der Waals surface area contributed by atoms with Crippen LogP contribution in [-0.2, 0) is 6.42 Å². The number of aryl methyl sites for hydroxylation is 1. The number of fused-ring (bicyclic) bond motifs is 1. The summed E-state index contributed by atoms with van der Waals surface area (Å²) in [5.41, 5.74) is 2.41. The van der Waals surface area contributed by atoms with Gasteiger partial charge in [-0.3, -0.25) is 0 Å². The number of benzene rings is 1. The average Bonchev–Trinajstić information content (AvgIpc) is 2.37. The first-order valence-corrected chi connectivity index (χ1v) is 6.78. The summed E-state index contributed by atoms with van der Waals surface area (Å²) < 4.78 is 0. The molecule has 0 aliphatic heterocycles. The van der Waals surface area contributed by atoms with Gasteiger partial charge in [0.2, 0.25) is 0 Å². The molecule has 2 rings (SSSR count). The molecule has 0 radical (unpaired) electrons. The van der Waals surface area contributed by atoms with E-state index >= 15 is 0 Å². The van der Waals surface area contributed by atoms with E-state index in [4.69, 9.17) is 4.98 Å². The van der Waals surface area contributed by atoms with E-state index in [0.29, 0.717) is 0 Å². The van der Waals surface area contributed by atoms with Gasteiger partial charge in [-0.15, -0.1) is 0 Å². The molecule has 0 unspecified atom stereocenters. The SMILES string of the molecule is CN(C)CCCc1cc2ccccc2nc1N(C)C. The van der Waals surface area contributed by atoms with Crippen molar-refractivity contribution in [3.05, 3.63) is 35.9 Å². The molecule has 1 aromatic carbocycles. The summed E-state index contributed by atoms with van der Waals surface area (Å²) >= 11 is 0. The molecule has 0 bridgehead atoms. The third-order valence-corrected chi connectivity index (χ3v) is 3.26. The van der Waals surface area contributed by atoms with Gasteiger partial charge in [-0.25, -0.2) is 4.98 Å². The molecule has 1 aromatic heterocycles. The zero-order valence-corrected chi connectivity index (χ0v) is 12.3. The van der Waals surface area contributed by atoms with Gasteiger partial charge in [-0.05, 0) is 51.2 Å². The van der Waals surface area contributed by atoms with Gasteiger partial charge in [0.15, 0.2) is 0 Å². The van der Waals surface area contributed by atoms with Crippen LogP contribution in [0.1, 0.15) is 12.0 Å². The van der Waals surface area contributed by atoms with E-state index < -0.39 is 0 Å². The van der Waals surface area contributed by atoms with Crippen LogP contribution < -0.4 is 4.90 Å². The smallest absolute Gasteiger partial charge is 0.131 e. The van der Waals surface area contributed by atoms with Crippen LogP contribution in [0, 0.1) is 0 Å². The van der Waals surface area contributed by atoms with Crippen LogP contribution in [0.15, 0.2) is 30.3 Å². The molecule has 0 fully saturated rings. The maximum atomic E-state index is 4.78. The first-order chi connectivity index (χ1) is 9.08. The van der Waals surface area contributed by atoms with Crippen LogP contribution in [0.3, 0.4) is 0 Å². The summed E-state index contributed by atoms with van der Waals surface area (Å²) in [6, 6.07) is 10.6. The molecular formula is C16H23N3. The summed E-state index contributed by atoms with van der Waals surface area (Å²) in [5, 5.41) is 1.23. The molecule has 0 aliphatic carbocycles. The van der Waals surface area contributed by atoms with Gasteiger partial charge < -0.3 is 9.80 Å². The second-order valence-electron chi connectivity index (χ2n) is 5.47. The Morgan fingerprint density at radius 3 is 2.47 bits per heavy atom. The number of hydrogen-bond acceptors (Lipinski definition) is 3. The van der Waals surface area contributed by atoms with E-state index in [1.807, 2.05) is 6.07 Å². The third kappa shape index (κ3) is 3.44. The monoisotopic (exact) mass is 257 g/mol.